The molecule has 3 heterocycles. The van der Waals surface area contributed by atoms with Gasteiger partial charge in [-0.2, -0.15) is 10.1 Å². The molecule has 0 unspecified atom stereocenters. The molecule has 0 radical (unpaired) electrons. The molecule has 11 heteroatoms. The lowest BCUT2D eigenvalue weighted by molar-refractivity contribution is 0.313. The number of rotatable bonds is 11. The van der Waals surface area contributed by atoms with Crippen LogP contribution in [0.2, 0.25) is 0 Å². The largest absolute Gasteiger partial charge is 0.439 e. The second-order valence-corrected chi connectivity index (χ2v) is 12.9. The minimum Gasteiger partial charge on any atom is -0.439 e. The summed E-state index contributed by atoms with van der Waals surface area (Å²) < 4.78 is 36.4. The molecule has 0 spiro atoms. The van der Waals surface area contributed by atoms with Gasteiger partial charge in [-0.15, -0.1) is 0 Å². The van der Waals surface area contributed by atoms with Gasteiger partial charge in [-0.1, -0.05) is 44.5 Å². The number of aromatic nitrogens is 4. The summed E-state index contributed by atoms with van der Waals surface area (Å²) in [5.41, 5.74) is 3.78. The van der Waals surface area contributed by atoms with Crippen molar-refractivity contribution < 1.29 is 13.2 Å². The van der Waals surface area contributed by atoms with E-state index in [1.54, 1.807) is 13.1 Å². The molecule has 222 valence electrons. The minimum absolute atomic E-state index is 0.0232. The molecule has 2 aromatic heterocycles. The lowest BCUT2D eigenvalue weighted by atomic mass is 9.97. The van der Waals surface area contributed by atoms with Crippen LogP contribution in [0.1, 0.15) is 32.3 Å². The number of hydrogen-bond donors (Lipinski definition) is 1. The van der Waals surface area contributed by atoms with Crippen LogP contribution in [0.4, 0.5) is 11.6 Å². The Balaban J connectivity index is 1.45. The zero-order valence-corrected chi connectivity index (χ0v) is 25.5. The highest BCUT2D eigenvalue weighted by Gasteiger charge is 2.20. The zero-order valence-electron chi connectivity index (χ0n) is 24.7. The van der Waals surface area contributed by atoms with Crippen molar-refractivity contribution in [1.82, 2.24) is 24.6 Å². The molecule has 1 aliphatic heterocycles. The summed E-state index contributed by atoms with van der Waals surface area (Å²) in [4.78, 5) is 13.8. The van der Waals surface area contributed by atoms with Crippen LogP contribution in [-0.2, 0) is 23.5 Å². The highest BCUT2D eigenvalue weighted by atomic mass is 32.2. The molecule has 1 saturated heterocycles. The summed E-state index contributed by atoms with van der Waals surface area (Å²) >= 11 is 0. The molecule has 42 heavy (non-hydrogen) atoms. The van der Waals surface area contributed by atoms with Crippen LogP contribution in [0, 0.1) is 5.92 Å². The Morgan fingerprint density at radius 3 is 2.40 bits per heavy atom. The van der Waals surface area contributed by atoms with Crippen molar-refractivity contribution in [2.45, 2.75) is 38.0 Å². The fraction of sp³-hybridized carbons (Fsp3) is 0.387. The molecular formula is C31H39N7O3S. The van der Waals surface area contributed by atoms with Gasteiger partial charge in [-0.05, 0) is 55.6 Å². The van der Waals surface area contributed by atoms with E-state index in [0.29, 0.717) is 17.4 Å². The van der Waals surface area contributed by atoms with E-state index in [1.807, 2.05) is 42.5 Å². The maximum Gasteiger partial charge on any atom is 0.267 e. The summed E-state index contributed by atoms with van der Waals surface area (Å²) in [6.07, 6.45) is 5.76. The average molecular weight is 590 g/mol. The summed E-state index contributed by atoms with van der Waals surface area (Å²) in [6, 6.07) is 17.7. The molecule has 1 N–H and O–H groups in total. The average Bonchev–Trinajstić information content (AvgIpc) is 3.41. The first-order valence-corrected chi connectivity index (χ1v) is 15.8. The van der Waals surface area contributed by atoms with Crippen molar-refractivity contribution in [2.24, 2.45) is 13.0 Å². The summed E-state index contributed by atoms with van der Waals surface area (Å²) in [5.74, 6) is 1.39. The number of benzene rings is 2. The van der Waals surface area contributed by atoms with Crippen molar-refractivity contribution in [3.05, 3.63) is 72.6 Å². The van der Waals surface area contributed by atoms with E-state index in [2.05, 4.69) is 56.6 Å². The van der Waals surface area contributed by atoms with Crippen LogP contribution in [0.15, 0.2) is 71.9 Å². The molecule has 0 saturated carbocycles. The summed E-state index contributed by atoms with van der Waals surface area (Å²) in [6.45, 7) is 8.44. The molecule has 2 aromatic carbocycles. The van der Waals surface area contributed by atoms with Crippen molar-refractivity contribution in [3.8, 4) is 22.9 Å². The fourth-order valence-electron chi connectivity index (χ4n) is 4.98. The topological polar surface area (TPSA) is 105 Å². The van der Waals surface area contributed by atoms with Gasteiger partial charge in [0.2, 0.25) is 11.8 Å². The third kappa shape index (κ3) is 7.46. The van der Waals surface area contributed by atoms with Crippen LogP contribution >= 0.6 is 0 Å². The van der Waals surface area contributed by atoms with Gasteiger partial charge in [0.15, 0.2) is 0 Å². The normalized spacial score (nSPS) is 14.4. The Morgan fingerprint density at radius 2 is 1.71 bits per heavy atom. The second-order valence-electron chi connectivity index (χ2n) is 11.2. The molecule has 4 aromatic rings. The predicted octanol–water partition coefficient (Wildman–Crippen LogP) is 5.20. The SMILES string of the molecule is CC(C)CCCc1ccccc1-c1cc(Oc2ccc(N3CCN(C)CC3)cc2)nc(NS(=O)(=O)c2cnn(C)c2)n1. The number of nitrogens with zero attached hydrogens (tertiary/aromatic N) is 6. The van der Waals surface area contributed by atoms with E-state index >= 15 is 0 Å². The van der Waals surface area contributed by atoms with Gasteiger partial charge in [0.1, 0.15) is 10.6 Å². The monoisotopic (exact) mass is 589 g/mol. The van der Waals surface area contributed by atoms with E-state index in [9.17, 15) is 8.42 Å². The highest BCUT2D eigenvalue weighted by molar-refractivity contribution is 7.92. The standard InChI is InChI=1S/C31H39N7O3S/c1-23(2)8-7-10-24-9-5-6-11-28(24)29-20-30(34-31(33-29)35-42(39,40)27-21-32-37(4)22-27)41-26-14-12-25(13-15-26)38-18-16-36(3)17-19-38/h5-6,9,11-15,20-23H,7-8,10,16-19H2,1-4H3,(H,33,34,35). The fourth-order valence-corrected chi connectivity index (χ4v) is 5.90. The molecule has 10 nitrogen and oxygen atoms in total. The predicted molar refractivity (Wildman–Crippen MR) is 165 cm³/mol. The lowest BCUT2D eigenvalue weighted by Gasteiger charge is -2.34. The Labute approximate surface area is 248 Å². The number of piperazine rings is 1. The molecule has 0 amide bonds. The summed E-state index contributed by atoms with van der Waals surface area (Å²) in [5, 5.41) is 3.99. The van der Waals surface area contributed by atoms with E-state index in [1.165, 1.54) is 17.1 Å². The smallest absolute Gasteiger partial charge is 0.267 e. The van der Waals surface area contributed by atoms with E-state index in [-0.39, 0.29) is 16.7 Å². The van der Waals surface area contributed by atoms with E-state index < -0.39 is 10.0 Å². The summed E-state index contributed by atoms with van der Waals surface area (Å²) in [7, 11) is -0.161. The highest BCUT2D eigenvalue weighted by Crippen LogP contribution is 2.31. The molecular weight excluding hydrogens is 550 g/mol. The number of sulfonamides is 1. The Hall–Kier alpha value is -3.96. The first-order valence-electron chi connectivity index (χ1n) is 14.4. The maximum absolute atomic E-state index is 13.1. The van der Waals surface area contributed by atoms with Gasteiger partial charge < -0.3 is 14.5 Å². The van der Waals surface area contributed by atoms with Crippen LogP contribution in [0.3, 0.4) is 0 Å². The molecule has 0 aliphatic carbocycles. The van der Waals surface area contributed by atoms with E-state index in [0.717, 1.165) is 62.3 Å². The van der Waals surface area contributed by atoms with Crippen molar-refractivity contribution in [1.29, 1.82) is 0 Å². The molecule has 5 rings (SSSR count). The van der Waals surface area contributed by atoms with Gasteiger partial charge in [-0.3, -0.25) is 4.68 Å². The van der Waals surface area contributed by atoms with Crippen molar-refractivity contribution >= 4 is 21.7 Å². The third-order valence-electron chi connectivity index (χ3n) is 7.37. The first-order chi connectivity index (χ1) is 20.2. The minimum atomic E-state index is -3.96. The zero-order chi connectivity index (χ0) is 29.7. The second kappa shape index (κ2) is 12.9. The van der Waals surface area contributed by atoms with Gasteiger partial charge >= 0.3 is 0 Å². The number of nitrogens with one attached hydrogen (secondary N) is 1. The number of aryl methyl sites for hydroxylation is 2. The van der Waals surface area contributed by atoms with Gasteiger partial charge in [-0.25, -0.2) is 18.1 Å². The van der Waals surface area contributed by atoms with Crippen LogP contribution in [0.25, 0.3) is 11.3 Å². The van der Waals surface area contributed by atoms with Crippen LogP contribution in [0.5, 0.6) is 11.6 Å². The molecule has 0 bridgehead atoms. The van der Waals surface area contributed by atoms with Crippen LogP contribution < -0.4 is 14.4 Å². The molecule has 1 fully saturated rings. The van der Waals surface area contributed by atoms with Gasteiger partial charge in [0, 0.05) is 56.7 Å². The Morgan fingerprint density at radius 1 is 0.976 bits per heavy atom. The number of ether oxygens (including phenoxy) is 1. The van der Waals surface area contributed by atoms with Gasteiger partial charge in [0.05, 0.1) is 11.9 Å². The molecule has 0 atom stereocenters. The maximum atomic E-state index is 13.1. The lowest BCUT2D eigenvalue weighted by Crippen LogP contribution is -2.44. The van der Waals surface area contributed by atoms with Crippen molar-refractivity contribution in [3.63, 3.8) is 0 Å². The Bertz CT molecular complexity index is 1600. The van der Waals surface area contributed by atoms with Crippen LogP contribution in [-0.4, -0.2) is 66.3 Å². The van der Waals surface area contributed by atoms with Crippen molar-refractivity contribution in [2.75, 3.05) is 42.8 Å². The quantitative estimate of drug-likeness (QED) is 0.255. The number of hydrogen-bond acceptors (Lipinski definition) is 8. The Kier molecular flexibility index (Phi) is 9.08. The van der Waals surface area contributed by atoms with E-state index in [4.69, 9.17) is 4.74 Å². The first kappa shape index (κ1) is 29.5. The third-order valence-corrected chi connectivity index (χ3v) is 8.65. The number of likely N-dealkylation sites (N-methyl/N-ethyl adjacent to an activating group) is 1. The number of anilines is 2. The van der Waals surface area contributed by atoms with Gasteiger partial charge in [0.25, 0.3) is 10.0 Å². The molecule has 1 aliphatic rings.